The van der Waals surface area contributed by atoms with Crippen molar-refractivity contribution < 1.29 is 4.79 Å². The van der Waals surface area contributed by atoms with Crippen molar-refractivity contribution in [3.63, 3.8) is 0 Å². The number of amides is 2. The largest absolute Gasteiger partial charge is 0.373 e. The molecule has 0 N–H and O–H groups in total. The van der Waals surface area contributed by atoms with Gasteiger partial charge in [-0.15, -0.1) is 0 Å². The Labute approximate surface area is 277 Å². The van der Waals surface area contributed by atoms with Gasteiger partial charge in [-0.3, -0.25) is 9.30 Å². The predicted octanol–water partition coefficient (Wildman–Crippen LogP) is 10.4. The molecule has 0 spiro atoms. The molecule has 7 heteroatoms. The van der Waals surface area contributed by atoms with E-state index in [4.69, 9.17) is 4.99 Å². The maximum absolute atomic E-state index is 12.4. The van der Waals surface area contributed by atoms with Crippen LogP contribution in [0, 0.1) is 11.8 Å². The molecule has 0 aliphatic heterocycles. The third kappa shape index (κ3) is 19.0. The summed E-state index contributed by atoms with van der Waals surface area (Å²) < 4.78 is 1.73. The van der Waals surface area contributed by atoms with E-state index in [0.29, 0.717) is 24.1 Å². The van der Waals surface area contributed by atoms with Gasteiger partial charge in [0.15, 0.2) is 0 Å². The SMILES string of the molecule is C=NC(=O)N(CCCN(CC)CC)SCC=NC1=CC(C)CC(C)C=C1N(C)CCCCCCCCCCCCCCCC. The van der Waals surface area contributed by atoms with Crippen molar-refractivity contribution in [3.8, 4) is 0 Å². The van der Waals surface area contributed by atoms with E-state index in [9.17, 15) is 4.79 Å². The molecule has 0 fully saturated rings. The van der Waals surface area contributed by atoms with Crippen LogP contribution in [0.25, 0.3) is 0 Å². The lowest BCUT2D eigenvalue weighted by Crippen LogP contribution is -2.29. The number of unbranched alkanes of at least 4 members (excludes halogenated alkanes) is 13. The Kier molecular flexibility index (Phi) is 24.4. The highest BCUT2D eigenvalue weighted by Crippen LogP contribution is 2.28. The fourth-order valence-electron chi connectivity index (χ4n) is 6.06. The van der Waals surface area contributed by atoms with Gasteiger partial charge in [0.25, 0.3) is 0 Å². The number of nitrogens with zero attached hydrogens (tertiary/aromatic N) is 5. The number of hydrogen-bond acceptors (Lipinski definition) is 5. The van der Waals surface area contributed by atoms with E-state index >= 15 is 0 Å². The van der Waals surface area contributed by atoms with Crippen molar-refractivity contribution in [3.05, 3.63) is 23.5 Å². The van der Waals surface area contributed by atoms with E-state index < -0.39 is 0 Å². The van der Waals surface area contributed by atoms with Crippen LogP contribution < -0.4 is 0 Å². The Morgan fingerprint density at radius 2 is 1.36 bits per heavy atom. The Balaban J connectivity index is 2.47. The van der Waals surface area contributed by atoms with E-state index in [1.165, 1.54) is 108 Å². The average Bonchev–Trinajstić information content (AvgIpc) is 3.16. The van der Waals surface area contributed by atoms with Crippen LogP contribution in [0.3, 0.4) is 0 Å². The van der Waals surface area contributed by atoms with E-state index in [1.807, 2.05) is 6.21 Å². The minimum Gasteiger partial charge on any atom is -0.373 e. The number of aliphatic imine (C=N–C) groups is 2. The van der Waals surface area contributed by atoms with Crippen molar-refractivity contribution >= 4 is 30.9 Å². The Morgan fingerprint density at radius 1 is 0.818 bits per heavy atom. The first-order valence-electron chi connectivity index (χ1n) is 18.2. The molecule has 0 aromatic carbocycles. The summed E-state index contributed by atoms with van der Waals surface area (Å²) in [6.45, 7) is 19.5. The van der Waals surface area contributed by atoms with Gasteiger partial charge in [0.05, 0.1) is 11.4 Å². The molecule has 44 heavy (non-hydrogen) atoms. The normalized spacial score (nSPS) is 17.1. The standard InChI is InChI=1S/C37H69N5OS/c1-8-11-12-13-14-15-16-17-18-19-20-21-22-23-26-40(7)36-32-34(5)30-33(4)31-35(36)39-25-29-44-42(37(43)38-6)28-24-27-41(9-2)10-3/h25,31-34H,6,8-24,26-30H2,1-5,7H3. The van der Waals surface area contributed by atoms with E-state index in [1.54, 1.807) is 4.31 Å². The number of urea groups is 1. The van der Waals surface area contributed by atoms with Crippen LogP contribution in [-0.4, -0.2) is 78.6 Å². The molecule has 0 bridgehead atoms. The highest BCUT2D eigenvalue weighted by Gasteiger charge is 2.18. The van der Waals surface area contributed by atoms with Crippen LogP contribution in [0.15, 0.2) is 33.5 Å². The molecule has 0 saturated carbocycles. The van der Waals surface area contributed by atoms with Crippen LogP contribution in [-0.2, 0) is 0 Å². The maximum Gasteiger partial charge on any atom is 0.352 e. The van der Waals surface area contributed by atoms with Crippen molar-refractivity contribution in [1.82, 2.24) is 14.1 Å². The van der Waals surface area contributed by atoms with Gasteiger partial charge in [-0.1, -0.05) is 130 Å². The van der Waals surface area contributed by atoms with Gasteiger partial charge in [-0.05, 0) is 69.4 Å². The quantitative estimate of drug-likeness (QED) is 0.0541. The van der Waals surface area contributed by atoms with Gasteiger partial charge in [-0.25, -0.2) is 9.79 Å². The summed E-state index contributed by atoms with van der Waals surface area (Å²) in [7, 11) is 2.22. The molecular formula is C37H69N5OS. The summed E-state index contributed by atoms with van der Waals surface area (Å²) in [5, 5.41) is 0. The van der Waals surface area contributed by atoms with Crippen molar-refractivity contribution in [2.75, 3.05) is 45.5 Å². The number of carbonyl (C=O) groups excluding carboxylic acids is 1. The third-order valence-electron chi connectivity index (χ3n) is 8.76. The highest BCUT2D eigenvalue weighted by molar-refractivity contribution is 7.98. The molecule has 1 aliphatic carbocycles. The molecule has 254 valence electrons. The lowest BCUT2D eigenvalue weighted by molar-refractivity contribution is 0.232. The minimum atomic E-state index is -0.271. The van der Waals surface area contributed by atoms with Crippen LogP contribution in [0.4, 0.5) is 4.79 Å². The van der Waals surface area contributed by atoms with Crippen LogP contribution in [0.2, 0.25) is 0 Å². The molecule has 0 aromatic heterocycles. The average molecular weight is 632 g/mol. The smallest absolute Gasteiger partial charge is 0.352 e. The van der Waals surface area contributed by atoms with Gasteiger partial charge < -0.3 is 9.80 Å². The van der Waals surface area contributed by atoms with Crippen molar-refractivity contribution in [2.24, 2.45) is 21.8 Å². The second kappa shape index (κ2) is 26.6. The molecule has 1 aliphatic rings. The Morgan fingerprint density at radius 3 is 1.91 bits per heavy atom. The third-order valence-corrected chi connectivity index (χ3v) is 9.71. The first kappa shape index (κ1) is 40.4. The zero-order chi connectivity index (χ0) is 32.4. The molecule has 2 amide bonds. The van der Waals surface area contributed by atoms with Crippen LogP contribution >= 0.6 is 11.9 Å². The predicted molar refractivity (Wildman–Crippen MR) is 197 cm³/mol. The summed E-state index contributed by atoms with van der Waals surface area (Å²) in [4.78, 5) is 25.8. The molecule has 6 nitrogen and oxygen atoms in total. The highest BCUT2D eigenvalue weighted by atomic mass is 32.2. The second-order valence-electron chi connectivity index (χ2n) is 12.8. The topological polar surface area (TPSA) is 51.5 Å². The number of rotatable bonds is 26. The molecular weight excluding hydrogens is 563 g/mol. The Bertz CT molecular complexity index is 838. The number of allylic oxidation sites excluding steroid dienone is 2. The summed E-state index contributed by atoms with van der Waals surface area (Å²) in [6, 6.07) is -0.271. The zero-order valence-corrected chi connectivity index (χ0v) is 30.5. The minimum absolute atomic E-state index is 0.271. The van der Waals surface area contributed by atoms with Crippen molar-refractivity contribution in [1.29, 1.82) is 0 Å². The first-order chi connectivity index (χ1) is 21.4. The second-order valence-corrected chi connectivity index (χ2v) is 13.9. The lowest BCUT2D eigenvalue weighted by atomic mass is 9.99. The fourth-order valence-corrected chi connectivity index (χ4v) is 6.81. The number of likely N-dealkylation sites (N-methyl/N-ethyl adjacent to an activating group) is 1. The maximum atomic E-state index is 12.4. The molecule has 1 rings (SSSR count). The fraction of sp³-hybridized carbons (Fsp3) is 0.811. The zero-order valence-electron chi connectivity index (χ0n) is 29.7. The molecule has 2 atom stereocenters. The lowest BCUT2D eigenvalue weighted by Gasteiger charge is -2.24. The summed E-state index contributed by atoms with van der Waals surface area (Å²) in [5.74, 6) is 1.63. The monoisotopic (exact) mass is 632 g/mol. The first-order valence-corrected chi connectivity index (χ1v) is 19.1. The molecule has 0 saturated heterocycles. The van der Waals surface area contributed by atoms with Crippen molar-refractivity contribution in [2.45, 2.75) is 137 Å². The van der Waals surface area contributed by atoms with Gasteiger partial charge in [-0.2, -0.15) is 0 Å². The van der Waals surface area contributed by atoms with E-state index in [2.05, 4.69) is 75.3 Å². The molecule has 0 heterocycles. The number of carbonyl (C=O) groups is 1. The number of hydrogen-bond donors (Lipinski definition) is 0. The summed E-state index contributed by atoms with van der Waals surface area (Å²) in [6.07, 6.45) is 28.2. The van der Waals surface area contributed by atoms with Crippen LogP contribution in [0.1, 0.15) is 137 Å². The Hall–Kier alpha value is -1.60. The van der Waals surface area contributed by atoms with Gasteiger partial charge in [0.2, 0.25) is 0 Å². The summed E-state index contributed by atoms with van der Waals surface area (Å²) >= 11 is 1.48. The summed E-state index contributed by atoms with van der Waals surface area (Å²) in [5.41, 5.74) is 2.31. The van der Waals surface area contributed by atoms with E-state index in [-0.39, 0.29) is 6.03 Å². The van der Waals surface area contributed by atoms with Gasteiger partial charge in [0.1, 0.15) is 0 Å². The molecule has 0 aromatic rings. The molecule has 2 unspecified atom stereocenters. The van der Waals surface area contributed by atoms with Gasteiger partial charge in [0, 0.05) is 32.1 Å². The van der Waals surface area contributed by atoms with E-state index in [0.717, 1.165) is 44.7 Å². The van der Waals surface area contributed by atoms with Crippen LogP contribution in [0.5, 0.6) is 0 Å². The van der Waals surface area contributed by atoms with Gasteiger partial charge >= 0.3 is 6.03 Å². The molecule has 0 radical (unpaired) electrons.